The highest BCUT2D eigenvalue weighted by molar-refractivity contribution is 6.51. The first-order valence-corrected chi connectivity index (χ1v) is 4.13. The summed E-state index contributed by atoms with van der Waals surface area (Å²) in [6.45, 7) is 0. The Hall–Kier alpha value is -2.04. The molecule has 0 heterocycles. The third-order valence-corrected chi connectivity index (χ3v) is 2.13. The van der Waals surface area contributed by atoms with E-state index in [2.05, 4.69) is 0 Å². The number of hydrogen-bond acceptors (Lipinski definition) is 4. The van der Waals surface area contributed by atoms with Crippen LogP contribution in [0.4, 0.5) is 0 Å². The van der Waals surface area contributed by atoms with Gasteiger partial charge in [0, 0.05) is 11.6 Å². The van der Waals surface area contributed by atoms with Crippen LogP contribution < -0.4 is 5.46 Å². The number of carbonyl (C=O) groups is 2. The van der Waals surface area contributed by atoms with Gasteiger partial charge in [-0.2, -0.15) is 0 Å². The predicted octanol–water partition coefficient (Wildman–Crippen LogP) is -0.150. The van der Waals surface area contributed by atoms with Crippen molar-refractivity contribution in [1.29, 1.82) is 0 Å². The molecule has 4 nitrogen and oxygen atoms in total. The van der Waals surface area contributed by atoms with Crippen LogP contribution in [-0.4, -0.2) is 29.6 Å². The number of allylic oxidation sites excluding steroid dienone is 1. The number of Topliss-reactive ketones (excluding diaryl/α,β-unsaturated/α-hetero) is 1. The number of benzene rings is 1. The third kappa shape index (κ3) is 1.32. The zero-order valence-electron chi connectivity index (χ0n) is 7.52. The van der Waals surface area contributed by atoms with Crippen molar-refractivity contribution < 1.29 is 19.8 Å². The highest BCUT2D eigenvalue weighted by Crippen LogP contribution is 2.28. The summed E-state index contributed by atoms with van der Waals surface area (Å²) in [5, 5.41) is 18.9. The van der Waals surface area contributed by atoms with E-state index in [4.69, 9.17) is 7.85 Å². The fourth-order valence-electron chi connectivity index (χ4n) is 1.48. The molecule has 5 heteroatoms. The number of carbonyl (C=O) groups excluding carboxylic acids is 2. The standard InChI is InChI=1S/C10H5BO4/c11-4-1-5-6(12)3-8(14)10(15)9(5)7(13)2-4/h1-3,12-13H. The largest absolute Gasteiger partial charge is 0.507 e. The van der Waals surface area contributed by atoms with Gasteiger partial charge < -0.3 is 10.2 Å². The number of aliphatic hydroxyl groups excluding tert-OH is 1. The molecule has 0 saturated heterocycles. The summed E-state index contributed by atoms with van der Waals surface area (Å²) in [4.78, 5) is 22.5. The zero-order chi connectivity index (χ0) is 11.2. The smallest absolute Gasteiger partial charge is 0.237 e. The summed E-state index contributed by atoms with van der Waals surface area (Å²) < 4.78 is 0. The first-order valence-electron chi connectivity index (χ1n) is 4.13. The quantitative estimate of drug-likeness (QED) is 0.451. The second-order valence-corrected chi connectivity index (χ2v) is 3.19. The van der Waals surface area contributed by atoms with Crippen LogP contribution in [0, 0.1) is 0 Å². The van der Waals surface area contributed by atoms with Crippen LogP contribution in [0.15, 0.2) is 18.2 Å². The number of rotatable bonds is 0. The Bertz CT molecular complexity index is 516. The van der Waals surface area contributed by atoms with Crippen molar-refractivity contribution in [2.24, 2.45) is 0 Å². The Labute approximate surface area is 86.3 Å². The van der Waals surface area contributed by atoms with Crippen LogP contribution in [0.25, 0.3) is 5.76 Å². The lowest BCUT2D eigenvalue weighted by Crippen LogP contribution is -2.21. The van der Waals surface area contributed by atoms with E-state index >= 15 is 0 Å². The van der Waals surface area contributed by atoms with Gasteiger partial charge in [0.25, 0.3) is 0 Å². The van der Waals surface area contributed by atoms with Crippen molar-refractivity contribution in [3.63, 3.8) is 0 Å². The van der Waals surface area contributed by atoms with Gasteiger partial charge in [0.15, 0.2) is 0 Å². The van der Waals surface area contributed by atoms with E-state index in [1.54, 1.807) is 0 Å². The second kappa shape index (κ2) is 2.98. The number of ketones is 2. The monoisotopic (exact) mass is 200 g/mol. The minimum atomic E-state index is -0.861. The first-order chi connectivity index (χ1) is 7.00. The van der Waals surface area contributed by atoms with E-state index < -0.39 is 17.3 Å². The van der Waals surface area contributed by atoms with Gasteiger partial charge in [-0.1, -0.05) is 11.5 Å². The molecule has 0 aromatic heterocycles. The second-order valence-electron chi connectivity index (χ2n) is 3.19. The van der Waals surface area contributed by atoms with Crippen LogP contribution in [0.2, 0.25) is 0 Å². The Balaban J connectivity index is 2.80. The fraction of sp³-hybridized carbons (Fsp3) is 0. The summed E-state index contributed by atoms with van der Waals surface area (Å²) in [5.74, 6) is -2.47. The van der Waals surface area contributed by atoms with Gasteiger partial charge in [0.1, 0.15) is 19.4 Å². The number of phenolic OH excluding ortho intramolecular Hbond substituents is 1. The molecular formula is C10H5BO4. The van der Waals surface area contributed by atoms with Crippen molar-refractivity contribution in [1.82, 2.24) is 0 Å². The average molecular weight is 200 g/mol. The summed E-state index contributed by atoms with van der Waals surface area (Å²) in [5.41, 5.74) is 0.0830. The lowest BCUT2D eigenvalue weighted by molar-refractivity contribution is -0.111. The number of phenols is 1. The van der Waals surface area contributed by atoms with Crippen LogP contribution in [0.1, 0.15) is 15.9 Å². The number of hydrogen-bond donors (Lipinski definition) is 2. The molecule has 1 aromatic rings. The average Bonchev–Trinajstić information content (AvgIpc) is 2.13. The Morgan fingerprint density at radius 1 is 1.13 bits per heavy atom. The van der Waals surface area contributed by atoms with Crippen LogP contribution in [0.3, 0.4) is 0 Å². The molecule has 0 amide bonds. The maximum atomic E-state index is 11.4. The Morgan fingerprint density at radius 3 is 2.47 bits per heavy atom. The fourth-order valence-corrected chi connectivity index (χ4v) is 1.48. The maximum Gasteiger partial charge on any atom is 0.237 e. The summed E-state index contributed by atoms with van der Waals surface area (Å²) in [7, 11) is 5.43. The lowest BCUT2D eigenvalue weighted by atomic mass is 9.86. The van der Waals surface area contributed by atoms with Gasteiger partial charge in [0.05, 0.1) is 5.56 Å². The van der Waals surface area contributed by atoms with Crippen molar-refractivity contribution in [2.45, 2.75) is 0 Å². The number of aromatic hydroxyl groups is 1. The van der Waals surface area contributed by atoms with Gasteiger partial charge in [0.2, 0.25) is 11.6 Å². The molecule has 2 N–H and O–H groups in total. The number of fused-ring (bicyclic) bond motifs is 1. The molecule has 0 fully saturated rings. The molecule has 15 heavy (non-hydrogen) atoms. The lowest BCUT2D eigenvalue weighted by Gasteiger charge is -2.14. The van der Waals surface area contributed by atoms with E-state index in [1.165, 1.54) is 6.07 Å². The SMILES string of the molecule is [B]c1cc(O)c2c(c1)C(O)=CC(=O)C2=O. The van der Waals surface area contributed by atoms with Gasteiger partial charge >= 0.3 is 0 Å². The third-order valence-electron chi connectivity index (χ3n) is 2.13. The molecule has 1 aromatic carbocycles. The van der Waals surface area contributed by atoms with E-state index in [0.29, 0.717) is 0 Å². The van der Waals surface area contributed by atoms with Crippen LogP contribution in [0.5, 0.6) is 5.75 Å². The van der Waals surface area contributed by atoms with E-state index in [1.807, 2.05) is 0 Å². The van der Waals surface area contributed by atoms with E-state index in [9.17, 15) is 19.8 Å². The Kier molecular flexibility index (Phi) is 1.89. The summed E-state index contributed by atoms with van der Waals surface area (Å²) in [6, 6.07) is 2.48. The normalized spacial score (nSPS) is 14.8. The summed E-state index contributed by atoms with van der Waals surface area (Å²) in [6.07, 6.45) is 0.809. The minimum Gasteiger partial charge on any atom is -0.507 e. The maximum absolute atomic E-state index is 11.4. The highest BCUT2D eigenvalue weighted by Gasteiger charge is 2.28. The molecular weight excluding hydrogens is 195 g/mol. The van der Waals surface area contributed by atoms with Gasteiger partial charge in [-0.15, -0.1) is 0 Å². The van der Waals surface area contributed by atoms with Gasteiger partial charge in [-0.25, -0.2) is 0 Å². The van der Waals surface area contributed by atoms with E-state index in [-0.39, 0.29) is 22.3 Å². The zero-order valence-corrected chi connectivity index (χ0v) is 7.52. The molecule has 1 aliphatic rings. The first kappa shape index (κ1) is 9.52. The molecule has 0 unspecified atom stereocenters. The number of aliphatic hydroxyl groups is 1. The van der Waals surface area contributed by atoms with Gasteiger partial charge in [-0.3, -0.25) is 9.59 Å². The van der Waals surface area contributed by atoms with Crippen molar-refractivity contribution in [3.05, 3.63) is 29.3 Å². The van der Waals surface area contributed by atoms with Gasteiger partial charge in [-0.05, 0) is 6.07 Å². The molecule has 0 saturated carbocycles. The van der Waals surface area contributed by atoms with E-state index in [0.717, 1.165) is 12.1 Å². The topological polar surface area (TPSA) is 74.6 Å². The van der Waals surface area contributed by atoms with Crippen LogP contribution in [-0.2, 0) is 4.79 Å². The van der Waals surface area contributed by atoms with Crippen molar-refractivity contribution in [3.8, 4) is 5.75 Å². The Morgan fingerprint density at radius 2 is 1.80 bits per heavy atom. The summed E-state index contributed by atoms with van der Waals surface area (Å²) >= 11 is 0. The molecule has 72 valence electrons. The van der Waals surface area contributed by atoms with Crippen molar-refractivity contribution in [2.75, 3.05) is 0 Å². The molecule has 0 bridgehead atoms. The molecule has 2 radical (unpaired) electrons. The molecule has 0 atom stereocenters. The van der Waals surface area contributed by atoms with Crippen molar-refractivity contribution >= 4 is 30.6 Å². The van der Waals surface area contributed by atoms with Crippen LogP contribution >= 0.6 is 0 Å². The predicted molar refractivity (Wildman–Crippen MR) is 53.4 cm³/mol. The molecule has 0 spiro atoms. The molecule has 1 aliphatic carbocycles. The molecule has 2 rings (SSSR count). The highest BCUT2D eigenvalue weighted by atomic mass is 16.3. The minimum absolute atomic E-state index is 0.0806. The molecule has 0 aliphatic heterocycles.